The minimum Gasteiger partial charge on any atom is -0.294 e. The number of nitriles is 1. The molecule has 1 heterocycles. The lowest BCUT2D eigenvalue weighted by Gasteiger charge is -2.43. The molecule has 110 valence electrons. The normalized spacial score (nSPS) is 35.5. The zero-order chi connectivity index (χ0) is 14.7. The van der Waals surface area contributed by atoms with Crippen LogP contribution in [-0.4, -0.2) is 35.3 Å². The molecule has 0 aromatic heterocycles. The number of hydrogen-bond acceptors (Lipinski definition) is 4. The van der Waals surface area contributed by atoms with Gasteiger partial charge in [-0.3, -0.25) is 19.8 Å². The quantitative estimate of drug-likeness (QED) is 0.792. The Morgan fingerprint density at radius 2 is 2.15 bits per heavy atom. The van der Waals surface area contributed by atoms with Gasteiger partial charge in [-0.2, -0.15) is 5.26 Å². The average Bonchev–Trinajstić information content (AvgIpc) is 2.43. The monoisotopic (exact) mass is 277 g/mol. The van der Waals surface area contributed by atoms with Gasteiger partial charge in [0.15, 0.2) is 0 Å². The number of carbonyl (C=O) groups excluding carboxylic acids is 2. The summed E-state index contributed by atoms with van der Waals surface area (Å²) in [5, 5.41) is 11.7. The summed E-state index contributed by atoms with van der Waals surface area (Å²) in [6.45, 7) is 4.22. The maximum Gasteiger partial charge on any atom is 0.243 e. The Morgan fingerprint density at radius 1 is 1.40 bits per heavy atom. The number of carbonyl (C=O) groups is 2. The Kier molecular flexibility index (Phi) is 4.77. The van der Waals surface area contributed by atoms with E-state index in [2.05, 4.69) is 18.3 Å². The van der Waals surface area contributed by atoms with Crippen molar-refractivity contribution in [2.45, 2.75) is 58.0 Å². The molecule has 0 radical (unpaired) electrons. The molecule has 5 nitrogen and oxygen atoms in total. The van der Waals surface area contributed by atoms with Crippen molar-refractivity contribution in [3.8, 4) is 6.07 Å². The van der Waals surface area contributed by atoms with Gasteiger partial charge in [-0.15, -0.1) is 0 Å². The van der Waals surface area contributed by atoms with Crippen LogP contribution >= 0.6 is 0 Å². The molecule has 2 aliphatic rings. The Balaban J connectivity index is 2.15. The maximum atomic E-state index is 11.8. The van der Waals surface area contributed by atoms with Crippen LogP contribution in [0.15, 0.2) is 0 Å². The highest BCUT2D eigenvalue weighted by atomic mass is 16.2. The molecule has 0 aromatic carbocycles. The molecular weight excluding hydrogens is 254 g/mol. The predicted octanol–water partition coefficient (Wildman–Crippen LogP) is 1.44. The van der Waals surface area contributed by atoms with Crippen molar-refractivity contribution >= 4 is 11.8 Å². The van der Waals surface area contributed by atoms with Crippen LogP contribution in [0, 0.1) is 23.2 Å². The van der Waals surface area contributed by atoms with E-state index in [0.717, 1.165) is 32.1 Å². The first-order valence-electron chi connectivity index (χ1n) is 7.55. The van der Waals surface area contributed by atoms with E-state index in [1.807, 2.05) is 11.8 Å². The second-order valence-corrected chi connectivity index (χ2v) is 6.03. The first-order valence-corrected chi connectivity index (χ1v) is 7.55. The van der Waals surface area contributed by atoms with Crippen LogP contribution in [0.1, 0.15) is 46.0 Å². The second kappa shape index (κ2) is 6.36. The van der Waals surface area contributed by atoms with Crippen molar-refractivity contribution in [1.82, 2.24) is 10.2 Å². The van der Waals surface area contributed by atoms with Crippen LogP contribution in [0.5, 0.6) is 0 Å². The van der Waals surface area contributed by atoms with E-state index < -0.39 is 0 Å². The molecular formula is C15H23N3O2. The number of nitrogens with zero attached hydrogens (tertiary/aromatic N) is 2. The number of amides is 2. The van der Waals surface area contributed by atoms with Crippen molar-refractivity contribution < 1.29 is 9.59 Å². The zero-order valence-electron chi connectivity index (χ0n) is 12.3. The SMILES string of the molecule is CCCC1CCC(C#N)C(N2CC(=O)NC(=O)C2C)C1. The molecule has 0 aromatic rings. The number of nitrogens with one attached hydrogen (secondary N) is 1. The van der Waals surface area contributed by atoms with Crippen molar-refractivity contribution in [3.05, 3.63) is 0 Å². The fraction of sp³-hybridized carbons (Fsp3) is 0.800. The van der Waals surface area contributed by atoms with Gasteiger partial charge < -0.3 is 0 Å². The third kappa shape index (κ3) is 3.01. The highest BCUT2D eigenvalue weighted by molar-refractivity contribution is 6.00. The summed E-state index contributed by atoms with van der Waals surface area (Å²) < 4.78 is 0. The second-order valence-electron chi connectivity index (χ2n) is 6.03. The first-order chi connectivity index (χ1) is 9.56. The zero-order valence-corrected chi connectivity index (χ0v) is 12.3. The largest absolute Gasteiger partial charge is 0.294 e. The summed E-state index contributed by atoms with van der Waals surface area (Å²) in [6.07, 6.45) is 5.20. The molecule has 0 bridgehead atoms. The van der Waals surface area contributed by atoms with Crippen molar-refractivity contribution in [3.63, 3.8) is 0 Å². The van der Waals surface area contributed by atoms with Crippen molar-refractivity contribution in [2.24, 2.45) is 11.8 Å². The number of rotatable bonds is 3. The number of imide groups is 1. The Morgan fingerprint density at radius 3 is 2.80 bits per heavy atom. The summed E-state index contributed by atoms with van der Waals surface area (Å²) in [5.74, 6) is 0.0594. The van der Waals surface area contributed by atoms with Crippen LogP contribution in [0.4, 0.5) is 0 Å². The number of piperazine rings is 1. The Labute approximate surface area is 120 Å². The van der Waals surface area contributed by atoms with Gasteiger partial charge in [-0.05, 0) is 32.1 Å². The van der Waals surface area contributed by atoms with Crippen LogP contribution in [-0.2, 0) is 9.59 Å². The van der Waals surface area contributed by atoms with E-state index in [1.54, 1.807) is 0 Å². The van der Waals surface area contributed by atoms with Crippen molar-refractivity contribution in [2.75, 3.05) is 6.54 Å². The molecule has 20 heavy (non-hydrogen) atoms. The fourth-order valence-electron chi connectivity index (χ4n) is 3.56. The summed E-state index contributed by atoms with van der Waals surface area (Å²) >= 11 is 0. The van der Waals surface area contributed by atoms with E-state index in [9.17, 15) is 14.9 Å². The molecule has 4 unspecified atom stereocenters. The van der Waals surface area contributed by atoms with Crippen molar-refractivity contribution in [1.29, 1.82) is 5.26 Å². The van der Waals surface area contributed by atoms with Gasteiger partial charge in [0.1, 0.15) is 0 Å². The van der Waals surface area contributed by atoms with Crippen LogP contribution in [0.25, 0.3) is 0 Å². The third-order valence-corrected chi connectivity index (χ3v) is 4.68. The molecule has 1 saturated heterocycles. The maximum absolute atomic E-state index is 11.8. The van der Waals surface area contributed by atoms with Crippen LogP contribution in [0.3, 0.4) is 0 Å². The topological polar surface area (TPSA) is 73.2 Å². The molecule has 2 amide bonds. The third-order valence-electron chi connectivity index (χ3n) is 4.68. The molecule has 4 atom stereocenters. The summed E-state index contributed by atoms with van der Waals surface area (Å²) in [4.78, 5) is 25.4. The van der Waals surface area contributed by atoms with Gasteiger partial charge in [0.2, 0.25) is 11.8 Å². The average molecular weight is 277 g/mol. The lowest BCUT2D eigenvalue weighted by atomic mass is 9.76. The van der Waals surface area contributed by atoms with Gasteiger partial charge >= 0.3 is 0 Å². The standard InChI is InChI=1S/C15H23N3O2/c1-3-4-11-5-6-12(8-16)13(7-11)18-9-14(19)17-15(20)10(18)2/h10-13H,3-7,9H2,1-2H3,(H,17,19,20). The van der Waals surface area contributed by atoms with Gasteiger partial charge in [-0.1, -0.05) is 19.8 Å². The molecule has 1 aliphatic carbocycles. The van der Waals surface area contributed by atoms with E-state index >= 15 is 0 Å². The summed E-state index contributed by atoms with van der Waals surface area (Å²) in [6, 6.07) is 2.09. The minimum absolute atomic E-state index is 0.0373. The van der Waals surface area contributed by atoms with Gasteiger partial charge in [0.25, 0.3) is 0 Å². The molecule has 2 rings (SSSR count). The van der Waals surface area contributed by atoms with Gasteiger partial charge in [0.05, 0.1) is 24.6 Å². The lowest BCUT2D eigenvalue weighted by Crippen LogP contribution is -2.61. The number of hydrogen-bond donors (Lipinski definition) is 1. The van der Waals surface area contributed by atoms with Gasteiger partial charge in [-0.25, -0.2) is 0 Å². The molecule has 1 saturated carbocycles. The summed E-state index contributed by atoms with van der Waals surface area (Å²) in [5.41, 5.74) is 0. The van der Waals surface area contributed by atoms with E-state index in [1.165, 1.54) is 0 Å². The molecule has 1 aliphatic heterocycles. The predicted molar refractivity (Wildman–Crippen MR) is 74.5 cm³/mol. The van der Waals surface area contributed by atoms with Crippen LogP contribution < -0.4 is 5.32 Å². The highest BCUT2D eigenvalue weighted by Crippen LogP contribution is 2.35. The van der Waals surface area contributed by atoms with Crippen LogP contribution in [0.2, 0.25) is 0 Å². The van der Waals surface area contributed by atoms with E-state index in [-0.39, 0.29) is 36.4 Å². The molecule has 2 fully saturated rings. The first kappa shape index (κ1) is 15.0. The Bertz CT molecular complexity index is 429. The van der Waals surface area contributed by atoms with E-state index in [4.69, 9.17) is 0 Å². The van der Waals surface area contributed by atoms with Gasteiger partial charge in [0, 0.05) is 6.04 Å². The Hall–Kier alpha value is -1.41. The lowest BCUT2D eigenvalue weighted by molar-refractivity contribution is -0.142. The summed E-state index contributed by atoms with van der Waals surface area (Å²) in [7, 11) is 0. The highest BCUT2D eigenvalue weighted by Gasteiger charge is 2.41. The van der Waals surface area contributed by atoms with E-state index in [0.29, 0.717) is 5.92 Å². The minimum atomic E-state index is -0.325. The molecule has 0 spiro atoms. The fourth-order valence-corrected chi connectivity index (χ4v) is 3.56. The molecule has 1 N–H and O–H groups in total. The molecule has 5 heteroatoms. The smallest absolute Gasteiger partial charge is 0.243 e.